The number of nitrogens with zero attached hydrogens (tertiary/aromatic N) is 1. The maximum atomic E-state index is 12.3. The van der Waals surface area contributed by atoms with E-state index in [1.807, 2.05) is 13.0 Å². The summed E-state index contributed by atoms with van der Waals surface area (Å²) >= 11 is 0. The second-order valence-corrected chi connectivity index (χ2v) is 6.20. The number of hydrogen-bond donors (Lipinski definition) is 0. The number of rotatable bonds is 8. The van der Waals surface area contributed by atoms with Crippen molar-refractivity contribution in [2.75, 3.05) is 27.9 Å². The van der Waals surface area contributed by atoms with Crippen LogP contribution in [0.5, 0.6) is 23.0 Å². The Morgan fingerprint density at radius 3 is 2.31 bits per heavy atom. The van der Waals surface area contributed by atoms with E-state index < -0.39 is 5.97 Å². The van der Waals surface area contributed by atoms with Crippen LogP contribution in [0.3, 0.4) is 0 Å². The molecule has 0 aromatic heterocycles. The quantitative estimate of drug-likeness (QED) is 0.498. The topological polar surface area (TPSA) is 75.6 Å². The van der Waals surface area contributed by atoms with Crippen LogP contribution in [-0.4, -0.2) is 39.8 Å². The van der Waals surface area contributed by atoms with Gasteiger partial charge >= 0.3 is 5.97 Å². The zero-order valence-corrected chi connectivity index (χ0v) is 16.9. The first-order chi connectivity index (χ1) is 14.1. The van der Waals surface area contributed by atoms with Crippen LogP contribution in [0, 0.1) is 0 Å². The fraction of sp³-hybridized carbons (Fsp3) is 0.273. The van der Waals surface area contributed by atoms with Crippen molar-refractivity contribution < 1.29 is 28.5 Å². The molecule has 0 spiro atoms. The van der Waals surface area contributed by atoms with E-state index in [1.54, 1.807) is 57.7 Å². The molecule has 0 amide bonds. The van der Waals surface area contributed by atoms with Crippen molar-refractivity contribution in [3.8, 4) is 23.0 Å². The summed E-state index contributed by atoms with van der Waals surface area (Å²) in [5, 5.41) is 0. The van der Waals surface area contributed by atoms with E-state index >= 15 is 0 Å². The molecule has 0 saturated heterocycles. The Morgan fingerprint density at radius 2 is 1.69 bits per heavy atom. The summed E-state index contributed by atoms with van der Waals surface area (Å²) in [7, 11) is 4.67. The minimum atomic E-state index is -0.535. The monoisotopic (exact) mass is 397 g/mol. The lowest BCUT2D eigenvalue weighted by Crippen LogP contribution is -2.06. The third-order valence-corrected chi connectivity index (χ3v) is 4.17. The van der Waals surface area contributed by atoms with Gasteiger partial charge in [0.25, 0.3) is 0 Å². The minimum Gasteiger partial charge on any atom is -0.497 e. The van der Waals surface area contributed by atoms with Gasteiger partial charge in [0.1, 0.15) is 11.5 Å². The van der Waals surface area contributed by atoms with Crippen LogP contribution in [0.4, 0.5) is 0 Å². The summed E-state index contributed by atoms with van der Waals surface area (Å²) in [5.41, 5.74) is 1.51. The van der Waals surface area contributed by atoms with E-state index in [0.29, 0.717) is 35.2 Å². The Hall–Kier alpha value is -3.48. The lowest BCUT2D eigenvalue weighted by molar-refractivity contribution is -0.129. The van der Waals surface area contributed by atoms with Gasteiger partial charge in [-0.2, -0.15) is 0 Å². The predicted molar refractivity (Wildman–Crippen MR) is 109 cm³/mol. The third-order valence-electron chi connectivity index (χ3n) is 4.17. The number of esters is 1. The molecule has 152 valence electrons. The van der Waals surface area contributed by atoms with Crippen LogP contribution >= 0.6 is 0 Å². The van der Waals surface area contributed by atoms with E-state index in [1.165, 1.54) is 0 Å². The molecule has 0 fully saturated rings. The molecule has 29 heavy (non-hydrogen) atoms. The fourth-order valence-electron chi connectivity index (χ4n) is 2.73. The Bertz CT molecular complexity index is 942. The molecule has 0 atom stereocenters. The number of hydrogen-bond acceptors (Lipinski definition) is 7. The number of benzene rings is 2. The van der Waals surface area contributed by atoms with Crippen LogP contribution in [0.1, 0.15) is 24.5 Å². The smallest absolute Gasteiger partial charge is 0.363 e. The average molecular weight is 397 g/mol. The molecule has 2 aromatic carbocycles. The van der Waals surface area contributed by atoms with Gasteiger partial charge in [0.05, 0.1) is 27.9 Å². The van der Waals surface area contributed by atoms with Gasteiger partial charge < -0.3 is 23.7 Å². The summed E-state index contributed by atoms with van der Waals surface area (Å²) in [6.45, 7) is 2.63. The lowest BCUT2D eigenvalue weighted by Gasteiger charge is -2.10. The SMILES string of the molecule is CCCOc1ccc(/C=C2\N=C(c3cc(OC)cc(OC)c3)OC2=O)cc1OC. The molecule has 1 aliphatic heterocycles. The molecule has 2 aromatic rings. The van der Waals surface area contributed by atoms with Gasteiger partial charge in [0.2, 0.25) is 5.90 Å². The van der Waals surface area contributed by atoms with Gasteiger partial charge in [-0.05, 0) is 42.3 Å². The van der Waals surface area contributed by atoms with Gasteiger partial charge in [-0.1, -0.05) is 13.0 Å². The molecule has 0 bridgehead atoms. The van der Waals surface area contributed by atoms with Crippen molar-refractivity contribution >= 4 is 17.9 Å². The zero-order valence-electron chi connectivity index (χ0n) is 16.9. The zero-order chi connectivity index (χ0) is 20.8. The van der Waals surface area contributed by atoms with E-state index in [-0.39, 0.29) is 11.6 Å². The first kappa shape index (κ1) is 20.3. The Labute approximate surface area is 169 Å². The Morgan fingerprint density at radius 1 is 0.966 bits per heavy atom. The van der Waals surface area contributed by atoms with Gasteiger partial charge in [-0.25, -0.2) is 9.79 Å². The number of ether oxygens (including phenoxy) is 5. The molecule has 7 nitrogen and oxygen atoms in total. The van der Waals surface area contributed by atoms with Crippen molar-refractivity contribution in [2.24, 2.45) is 4.99 Å². The van der Waals surface area contributed by atoms with Gasteiger partial charge in [0, 0.05) is 11.6 Å². The lowest BCUT2D eigenvalue weighted by atomic mass is 10.1. The molecule has 1 heterocycles. The number of methoxy groups -OCH3 is 3. The number of aliphatic imine (C=N–C) groups is 1. The molecule has 0 radical (unpaired) electrons. The second kappa shape index (κ2) is 9.14. The van der Waals surface area contributed by atoms with Crippen molar-refractivity contribution in [1.29, 1.82) is 0 Å². The largest absolute Gasteiger partial charge is 0.497 e. The highest BCUT2D eigenvalue weighted by Crippen LogP contribution is 2.30. The van der Waals surface area contributed by atoms with Gasteiger partial charge in [-0.3, -0.25) is 0 Å². The summed E-state index contributed by atoms with van der Waals surface area (Å²) in [6, 6.07) is 10.6. The highest BCUT2D eigenvalue weighted by molar-refractivity contribution is 6.13. The van der Waals surface area contributed by atoms with Gasteiger partial charge in [0.15, 0.2) is 17.2 Å². The third kappa shape index (κ3) is 4.68. The summed E-state index contributed by atoms with van der Waals surface area (Å²) in [5.74, 6) is 2.03. The van der Waals surface area contributed by atoms with Crippen molar-refractivity contribution in [3.05, 3.63) is 53.2 Å². The maximum absolute atomic E-state index is 12.3. The van der Waals surface area contributed by atoms with E-state index in [2.05, 4.69) is 4.99 Å². The molecule has 7 heteroatoms. The normalized spacial score (nSPS) is 14.4. The van der Waals surface area contributed by atoms with Crippen LogP contribution in [0.2, 0.25) is 0 Å². The van der Waals surface area contributed by atoms with E-state index in [4.69, 9.17) is 23.7 Å². The molecule has 0 aliphatic carbocycles. The summed E-state index contributed by atoms with van der Waals surface area (Å²) in [6.07, 6.45) is 2.53. The van der Waals surface area contributed by atoms with E-state index in [9.17, 15) is 4.79 Å². The molecular weight excluding hydrogens is 374 g/mol. The standard InChI is InChI=1S/C22H23NO6/c1-5-8-28-19-7-6-14(10-20(19)27-4)9-18-22(24)29-21(23-18)15-11-16(25-2)13-17(12-15)26-3/h6-7,9-13H,5,8H2,1-4H3/b18-9-. The number of carbonyl (C=O) groups excluding carboxylic acids is 1. The second-order valence-electron chi connectivity index (χ2n) is 6.20. The van der Waals surface area contributed by atoms with Crippen molar-refractivity contribution in [2.45, 2.75) is 13.3 Å². The van der Waals surface area contributed by atoms with E-state index in [0.717, 1.165) is 12.0 Å². The molecule has 0 unspecified atom stereocenters. The summed E-state index contributed by atoms with van der Waals surface area (Å²) < 4.78 is 26.9. The highest BCUT2D eigenvalue weighted by Gasteiger charge is 2.25. The molecule has 0 N–H and O–H groups in total. The van der Waals surface area contributed by atoms with Crippen molar-refractivity contribution in [3.63, 3.8) is 0 Å². The summed E-state index contributed by atoms with van der Waals surface area (Å²) in [4.78, 5) is 16.6. The number of cyclic esters (lactones) is 1. The fourth-order valence-corrected chi connectivity index (χ4v) is 2.73. The molecule has 1 aliphatic rings. The maximum Gasteiger partial charge on any atom is 0.363 e. The highest BCUT2D eigenvalue weighted by atomic mass is 16.6. The first-order valence-electron chi connectivity index (χ1n) is 9.14. The van der Waals surface area contributed by atoms with Crippen LogP contribution in [0.15, 0.2) is 47.1 Å². The Balaban J connectivity index is 1.91. The Kier molecular flexibility index (Phi) is 6.39. The van der Waals surface area contributed by atoms with Crippen LogP contribution in [0.25, 0.3) is 6.08 Å². The van der Waals surface area contributed by atoms with Crippen LogP contribution < -0.4 is 18.9 Å². The molecule has 3 rings (SSSR count). The van der Waals surface area contributed by atoms with Crippen molar-refractivity contribution in [1.82, 2.24) is 0 Å². The molecule has 0 saturated carbocycles. The average Bonchev–Trinajstić information content (AvgIpc) is 3.12. The number of carbonyl (C=O) groups is 1. The first-order valence-corrected chi connectivity index (χ1v) is 9.14. The minimum absolute atomic E-state index is 0.186. The molecular formula is C22H23NO6. The van der Waals surface area contributed by atoms with Gasteiger partial charge in [-0.15, -0.1) is 0 Å². The van der Waals surface area contributed by atoms with Crippen LogP contribution in [-0.2, 0) is 9.53 Å². The predicted octanol–water partition coefficient (Wildman–Crippen LogP) is 3.85.